The smallest absolute Gasteiger partial charge is 0.221 e. The first-order valence-electron chi connectivity index (χ1n) is 5.45. The van der Waals surface area contributed by atoms with Gasteiger partial charge < -0.3 is 11.5 Å². The zero-order valence-electron chi connectivity index (χ0n) is 9.44. The van der Waals surface area contributed by atoms with Gasteiger partial charge in [0.05, 0.1) is 0 Å². The highest BCUT2D eigenvalue weighted by molar-refractivity contribution is 5.76. The van der Waals surface area contributed by atoms with Crippen LogP contribution in [0.25, 0.3) is 0 Å². The first kappa shape index (κ1) is 11.0. The summed E-state index contributed by atoms with van der Waals surface area (Å²) in [7, 11) is 0. The van der Waals surface area contributed by atoms with Crippen molar-refractivity contribution in [3.8, 4) is 0 Å². The van der Waals surface area contributed by atoms with Gasteiger partial charge in [0.2, 0.25) is 5.91 Å². The average molecular weight is 219 g/mol. The van der Waals surface area contributed by atoms with E-state index in [0.717, 1.165) is 18.8 Å². The molecule has 1 unspecified atom stereocenters. The molecule has 16 heavy (non-hydrogen) atoms. The Hall–Kier alpha value is -1.55. The Morgan fingerprint density at radius 2 is 2.12 bits per heavy atom. The Morgan fingerprint density at radius 1 is 1.44 bits per heavy atom. The first-order valence-corrected chi connectivity index (χ1v) is 5.45. The molecule has 0 spiro atoms. The number of nitrogens with two attached hydrogens (primary N) is 2. The fourth-order valence-electron chi connectivity index (χ4n) is 2.09. The van der Waals surface area contributed by atoms with E-state index in [1.807, 2.05) is 19.1 Å². The van der Waals surface area contributed by atoms with Crippen molar-refractivity contribution in [2.45, 2.75) is 20.0 Å². The van der Waals surface area contributed by atoms with Crippen molar-refractivity contribution in [1.82, 2.24) is 4.90 Å². The molecule has 1 heterocycles. The van der Waals surface area contributed by atoms with Gasteiger partial charge >= 0.3 is 0 Å². The van der Waals surface area contributed by atoms with Crippen LogP contribution in [-0.2, 0) is 17.9 Å². The Balaban J connectivity index is 2.03. The van der Waals surface area contributed by atoms with Crippen molar-refractivity contribution in [3.63, 3.8) is 0 Å². The molecule has 1 aliphatic heterocycles. The fraction of sp³-hybridized carbons (Fsp3) is 0.417. The molecule has 0 bridgehead atoms. The highest BCUT2D eigenvalue weighted by Crippen LogP contribution is 2.25. The molecule has 4 heteroatoms. The molecule has 2 rings (SSSR count). The van der Waals surface area contributed by atoms with Gasteiger partial charge in [0, 0.05) is 31.2 Å². The summed E-state index contributed by atoms with van der Waals surface area (Å²) in [6.45, 7) is 4.31. The van der Waals surface area contributed by atoms with Crippen molar-refractivity contribution >= 4 is 11.6 Å². The second-order valence-electron chi connectivity index (χ2n) is 4.50. The Bertz CT molecular complexity index is 417. The Morgan fingerprint density at radius 3 is 2.81 bits per heavy atom. The van der Waals surface area contributed by atoms with Crippen LogP contribution in [-0.4, -0.2) is 17.4 Å². The minimum absolute atomic E-state index is 0.105. The number of nitrogen functional groups attached to an aromatic ring is 1. The highest BCUT2D eigenvalue weighted by atomic mass is 16.1. The zero-order valence-corrected chi connectivity index (χ0v) is 9.44. The number of benzene rings is 1. The van der Waals surface area contributed by atoms with E-state index in [9.17, 15) is 4.79 Å². The molecule has 86 valence electrons. The number of fused-ring (bicyclic) bond motifs is 1. The second-order valence-corrected chi connectivity index (χ2v) is 4.50. The molecule has 0 aliphatic carbocycles. The summed E-state index contributed by atoms with van der Waals surface area (Å²) in [6, 6.07) is 5.98. The monoisotopic (exact) mass is 219 g/mol. The second kappa shape index (κ2) is 4.14. The summed E-state index contributed by atoms with van der Waals surface area (Å²) in [5.74, 6) is -0.345. The Labute approximate surface area is 95.2 Å². The number of primary amides is 1. The summed E-state index contributed by atoms with van der Waals surface area (Å²) in [5, 5.41) is 0. The van der Waals surface area contributed by atoms with Crippen molar-refractivity contribution in [2.24, 2.45) is 11.7 Å². The molecule has 1 aromatic rings. The summed E-state index contributed by atoms with van der Waals surface area (Å²) < 4.78 is 0. The quantitative estimate of drug-likeness (QED) is 0.735. The highest BCUT2D eigenvalue weighted by Gasteiger charge is 2.21. The minimum Gasteiger partial charge on any atom is -0.399 e. The lowest BCUT2D eigenvalue weighted by atomic mass is 10.1. The van der Waals surface area contributed by atoms with Gasteiger partial charge in [0.1, 0.15) is 0 Å². The summed E-state index contributed by atoms with van der Waals surface area (Å²) in [4.78, 5) is 13.2. The minimum atomic E-state index is -0.240. The van der Waals surface area contributed by atoms with Crippen LogP contribution < -0.4 is 11.5 Å². The van der Waals surface area contributed by atoms with Crippen LogP contribution in [0.15, 0.2) is 18.2 Å². The third-order valence-electron chi connectivity index (χ3n) is 3.04. The summed E-state index contributed by atoms with van der Waals surface area (Å²) in [5.41, 5.74) is 14.3. The molecule has 1 aliphatic rings. The Kier molecular flexibility index (Phi) is 2.83. The van der Waals surface area contributed by atoms with Gasteiger partial charge in [0.15, 0.2) is 0 Å². The van der Waals surface area contributed by atoms with Crippen LogP contribution in [0.4, 0.5) is 5.69 Å². The molecule has 4 nitrogen and oxygen atoms in total. The molecule has 0 radical (unpaired) electrons. The van der Waals surface area contributed by atoms with Crippen LogP contribution in [0.1, 0.15) is 18.1 Å². The van der Waals surface area contributed by atoms with E-state index < -0.39 is 0 Å². The number of carbonyl (C=O) groups excluding carboxylic acids is 1. The van der Waals surface area contributed by atoms with E-state index in [1.54, 1.807) is 0 Å². The van der Waals surface area contributed by atoms with Crippen molar-refractivity contribution in [2.75, 3.05) is 12.3 Å². The predicted molar refractivity (Wildman–Crippen MR) is 63.3 cm³/mol. The van der Waals surface area contributed by atoms with Crippen molar-refractivity contribution in [1.29, 1.82) is 0 Å². The molecular formula is C12H17N3O. The number of anilines is 1. The van der Waals surface area contributed by atoms with E-state index in [0.29, 0.717) is 6.54 Å². The first-order chi connectivity index (χ1) is 7.56. The van der Waals surface area contributed by atoms with Crippen LogP contribution in [0.3, 0.4) is 0 Å². The third-order valence-corrected chi connectivity index (χ3v) is 3.04. The molecule has 0 aromatic heterocycles. The van der Waals surface area contributed by atoms with Crippen LogP contribution in [0, 0.1) is 5.92 Å². The molecule has 1 atom stereocenters. The molecule has 4 N–H and O–H groups in total. The van der Waals surface area contributed by atoms with Crippen molar-refractivity contribution < 1.29 is 4.79 Å². The van der Waals surface area contributed by atoms with Crippen LogP contribution >= 0.6 is 0 Å². The van der Waals surface area contributed by atoms with E-state index in [-0.39, 0.29) is 11.8 Å². The lowest BCUT2D eigenvalue weighted by molar-refractivity contribution is -0.121. The number of nitrogens with zero attached hydrogens (tertiary/aromatic N) is 1. The molecule has 0 saturated carbocycles. The molecule has 1 amide bonds. The number of hydrogen-bond donors (Lipinski definition) is 2. The SMILES string of the molecule is CC(CN1Cc2ccc(N)cc2C1)C(N)=O. The molecule has 0 fully saturated rings. The van der Waals surface area contributed by atoms with E-state index in [4.69, 9.17) is 11.5 Å². The predicted octanol–water partition coefficient (Wildman–Crippen LogP) is 0.706. The van der Waals surface area contributed by atoms with Crippen molar-refractivity contribution in [3.05, 3.63) is 29.3 Å². The maximum Gasteiger partial charge on any atom is 0.221 e. The number of hydrogen-bond acceptors (Lipinski definition) is 3. The fourth-order valence-corrected chi connectivity index (χ4v) is 2.09. The van der Waals surface area contributed by atoms with Crippen LogP contribution in [0.5, 0.6) is 0 Å². The summed E-state index contributed by atoms with van der Waals surface area (Å²) >= 11 is 0. The van der Waals surface area contributed by atoms with Gasteiger partial charge in [-0.15, -0.1) is 0 Å². The lowest BCUT2D eigenvalue weighted by Gasteiger charge is -2.17. The lowest BCUT2D eigenvalue weighted by Crippen LogP contribution is -2.31. The van der Waals surface area contributed by atoms with Gasteiger partial charge in [0.25, 0.3) is 0 Å². The molecular weight excluding hydrogens is 202 g/mol. The molecule has 0 saturated heterocycles. The normalized spacial score (nSPS) is 17.1. The number of rotatable bonds is 3. The third kappa shape index (κ3) is 2.17. The number of amides is 1. The largest absolute Gasteiger partial charge is 0.399 e. The van der Waals surface area contributed by atoms with Gasteiger partial charge in [-0.05, 0) is 23.3 Å². The maximum absolute atomic E-state index is 11.0. The number of carbonyl (C=O) groups is 1. The average Bonchev–Trinajstić information content (AvgIpc) is 2.58. The van der Waals surface area contributed by atoms with Gasteiger partial charge in [-0.3, -0.25) is 9.69 Å². The topological polar surface area (TPSA) is 72.3 Å². The van der Waals surface area contributed by atoms with E-state index in [2.05, 4.69) is 11.0 Å². The van der Waals surface area contributed by atoms with E-state index in [1.165, 1.54) is 11.1 Å². The zero-order chi connectivity index (χ0) is 11.7. The molecule has 1 aromatic carbocycles. The summed E-state index contributed by atoms with van der Waals surface area (Å²) in [6.07, 6.45) is 0. The van der Waals surface area contributed by atoms with Gasteiger partial charge in [-0.25, -0.2) is 0 Å². The van der Waals surface area contributed by atoms with Gasteiger partial charge in [-0.1, -0.05) is 13.0 Å². The standard InChI is InChI=1S/C12H17N3O/c1-8(12(14)16)5-15-6-9-2-3-11(13)4-10(9)7-15/h2-4,8H,5-7,13H2,1H3,(H2,14,16). The maximum atomic E-state index is 11.0. The van der Waals surface area contributed by atoms with Crippen LogP contribution in [0.2, 0.25) is 0 Å². The van der Waals surface area contributed by atoms with E-state index >= 15 is 0 Å². The van der Waals surface area contributed by atoms with Gasteiger partial charge in [-0.2, -0.15) is 0 Å².